The maximum Gasteiger partial charge on any atom is 0.244 e. The number of carbonyl (C=O) groups is 1. The minimum absolute atomic E-state index is 0.0323. The third kappa shape index (κ3) is 7.73. The molecule has 1 aromatic heterocycles. The van der Waals surface area contributed by atoms with E-state index < -0.39 is 0 Å². The van der Waals surface area contributed by atoms with Crippen molar-refractivity contribution in [3.63, 3.8) is 0 Å². The van der Waals surface area contributed by atoms with E-state index in [1.54, 1.807) is 12.1 Å². The van der Waals surface area contributed by atoms with Crippen molar-refractivity contribution >= 4 is 28.4 Å². The molecule has 0 saturated heterocycles. The summed E-state index contributed by atoms with van der Waals surface area (Å²) in [5, 5.41) is 4.34. The topological polar surface area (TPSA) is 51.2 Å². The highest BCUT2D eigenvalue weighted by molar-refractivity contribution is 6.29. The van der Waals surface area contributed by atoms with Crippen molar-refractivity contribution in [1.29, 1.82) is 0 Å². The second-order valence-electron chi connectivity index (χ2n) is 7.23. The molecule has 0 aliphatic rings. The van der Waals surface area contributed by atoms with Gasteiger partial charge in [-0.05, 0) is 61.9 Å². The fourth-order valence-electron chi connectivity index (χ4n) is 2.65. The first-order chi connectivity index (χ1) is 13.5. The number of unbranched alkanes of at least 4 members (excludes halogenated alkanes) is 2. The summed E-state index contributed by atoms with van der Waals surface area (Å²) in [5.41, 5.74) is 1.80. The molecule has 150 valence electrons. The van der Waals surface area contributed by atoms with Crippen LogP contribution in [0.4, 0.5) is 0 Å². The van der Waals surface area contributed by atoms with Gasteiger partial charge in [-0.1, -0.05) is 43.7 Å². The molecule has 1 amide bonds. The van der Waals surface area contributed by atoms with Crippen molar-refractivity contribution < 1.29 is 9.53 Å². The van der Waals surface area contributed by atoms with Crippen LogP contribution in [0.2, 0.25) is 5.15 Å². The fourth-order valence-corrected chi connectivity index (χ4v) is 2.81. The summed E-state index contributed by atoms with van der Waals surface area (Å²) in [5.74, 6) is 1.26. The van der Waals surface area contributed by atoms with E-state index in [2.05, 4.69) is 30.2 Å². The Morgan fingerprint density at radius 3 is 2.86 bits per heavy atom. The Balaban J connectivity index is 1.69. The summed E-state index contributed by atoms with van der Waals surface area (Å²) in [4.78, 5) is 16.0. The van der Waals surface area contributed by atoms with Gasteiger partial charge in [-0.15, -0.1) is 0 Å². The lowest BCUT2D eigenvalue weighted by molar-refractivity contribution is -0.116. The Morgan fingerprint density at radius 1 is 1.25 bits per heavy atom. The first kappa shape index (κ1) is 22.0. The number of ether oxygens (including phenoxy) is 1. The smallest absolute Gasteiger partial charge is 0.244 e. The lowest BCUT2D eigenvalue weighted by Crippen LogP contribution is -2.25. The average Bonchev–Trinajstić information content (AvgIpc) is 2.65. The maximum absolute atomic E-state index is 11.7. The van der Waals surface area contributed by atoms with Crippen LogP contribution in [0, 0.1) is 5.92 Å². The zero-order valence-electron chi connectivity index (χ0n) is 16.9. The number of halogens is 1. The van der Waals surface area contributed by atoms with Crippen molar-refractivity contribution in [2.45, 2.75) is 40.0 Å². The summed E-state index contributed by atoms with van der Waals surface area (Å²) in [7, 11) is 0. The third-order valence-corrected chi connectivity index (χ3v) is 4.32. The van der Waals surface area contributed by atoms with E-state index in [0.717, 1.165) is 41.5 Å². The van der Waals surface area contributed by atoms with Crippen LogP contribution in [0.25, 0.3) is 10.9 Å². The van der Waals surface area contributed by atoms with Gasteiger partial charge in [0.2, 0.25) is 5.91 Å². The van der Waals surface area contributed by atoms with Gasteiger partial charge < -0.3 is 10.1 Å². The number of benzene rings is 1. The summed E-state index contributed by atoms with van der Waals surface area (Å²) < 4.78 is 5.91. The molecule has 0 atom stereocenters. The first-order valence-electron chi connectivity index (χ1n) is 9.76. The van der Waals surface area contributed by atoms with Crippen LogP contribution < -0.4 is 10.1 Å². The highest BCUT2D eigenvalue weighted by atomic mass is 35.5. The standard InChI is InChI=1S/C23H29ClN2O2/c1-17(2)16-25-23(27)15-18(3)9-6-4-5-7-14-28-21-11-8-10-20-19(21)12-13-22(24)26-20/h6,8-13,15,17H,4-5,7,14,16H2,1-3H3,(H,25,27). The van der Waals surface area contributed by atoms with Gasteiger partial charge in [-0.25, -0.2) is 4.98 Å². The fraction of sp³-hybridized carbons (Fsp3) is 0.391. The molecule has 0 aliphatic carbocycles. The van der Waals surface area contributed by atoms with Crippen LogP contribution in [0.3, 0.4) is 0 Å². The van der Waals surface area contributed by atoms with E-state index in [9.17, 15) is 4.79 Å². The number of amides is 1. The second kappa shape index (κ2) is 11.5. The lowest BCUT2D eigenvalue weighted by Gasteiger charge is -2.08. The number of nitrogens with one attached hydrogen (secondary N) is 1. The summed E-state index contributed by atoms with van der Waals surface area (Å²) >= 11 is 5.94. The third-order valence-electron chi connectivity index (χ3n) is 4.10. The number of hydrogen-bond acceptors (Lipinski definition) is 3. The maximum atomic E-state index is 11.7. The molecule has 0 spiro atoms. The number of fused-ring (bicyclic) bond motifs is 1. The van der Waals surface area contributed by atoms with Crippen molar-refractivity contribution in [2.24, 2.45) is 5.92 Å². The molecule has 5 heteroatoms. The van der Waals surface area contributed by atoms with Gasteiger partial charge in [0.05, 0.1) is 12.1 Å². The number of aromatic nitrogens is 1. The van der Waals surface area contributed by atoms with E-state index >= 15 is 0 Å². The first-order valence-corrected chi connectivity index (χ1v) is 10.1. The lowest BCUT2D eigenvalue weighted by atomic mass is 10.2. The molecule has 2 aromatic rings. The van der Waals surface area contributed by atoms with Crippen LogP contribution in [-0.4, -0.2) is 24.0 Å². The Morgan fingerprint density at radius 2 is 2.07 bits per heavy atom. The van der Waals surface area contributed by atoms with Gasteiger partial charge in [0.1, 0.15) is 10.9 Å². The molecule has 0 saturated carbocycles. The van der Waals surface area contributed by atoms with E-state index in [0.29, 0.717) is 24.2 Å². The molecule has 1 N–H and O–H groups in total. The monoisotopic (exact) mass is 400 g/mol. The van der Waals surface area contributed by atoms with Gasteiger partial charge in [-0.3, -0.25) is 4.79 Å². The summed E-state index contributed by atoms with van der Waals surface area (Å²) in [6.45, 7) is 7.45. The summed E-state index contributed by atoms with van der Waals surface area (Å²) in [6, 6.07) is 9.53. The molecule has 0 aliphatic heterocycles. The van der Waals surface area contributed by atoms with E-state index in [1.807, 2.05) is 37.3 Å². The molecule has 2 rings (SSSR count). The molecular formula is C23H29ClN2O2. The van der Waals surface area contributed by atoms with Gasteiger partial charge in [0, 0.05) is 18.0 Å². The van der Waals surface area contributed by atoms with Crippen LogP contribution in [-0.2, 0) is 4.79 Å². The molecule has 0 fully saturated rings. The molecule has 4 nitrogen and oxygen atoms in total. The number of allylic oxidation sites excluding steroid dienone is 3. The molecule has 0 radical (unpaired) electrons. The molecule has 0 unspecified atom stereocenters. The number of nitrogens with zero attached hydrogens (tertiary/aromatic N) is 1. The normalized spacial score (nSPS) is 12.1. The second-order valence-corrected chi connectivity index (χ2v) is 7.62. The van der Waals surface area contributed by atoms with E-state index in [4.69, 9.17) is 16.3 Å². The molecule has 1 aromatic carbocycles. The van der Waals surface area contributed by atoms with Crippen molar-refractivity contribution in [3.8, 4) is 5.75 Å². The molecule has 28 heavy (non-hydrogen) atoms. The van der Waals surface area contributed by atoms with Crippen LogP contribution >= 0.6 is 11.6 Å². The molecule has 1 heterocycles. The van der Waals surface area contributed by atoms with Crippen molar-refractivity contribution in [3.05, 3.63) is 59.3 Å². The number of rotatable bonds is 10. The van der Waals surface area contributed by atoms with Gasteiger partial charge >= 0.3 is 0 Å². The van der Waals surface area contributed by atoms with E-state index in [-0.39, 0.29) is 5.91 Å². The van der Waals surface area contributed by atoms with Crippen LogP contribution in [0.1, 0.15) is 40.0 Å². The van der Waals surface area contributed by atoms with E-state index in [1.165, 1.54) is 0 Å². The highest BCUT2D eigenvalue weighted by Gasteiger charge is 2.03. The minimum atomic E-state index is -0.0323. The Hall–Kier alpha value is -2.33. The SMILES string of the molecule is CC(C=CCCCCOc1cccc2nc(Cl)ccc12)=CC(=O)NCC(C)C. The van der Waals surface area contributed by atoms with Gasteiger partial charge in [-0.2, -0.15) is 0 Å². The van der Waals surface area contributed by atoms with Crippen molar-refractivity contribution in [1.82, 2.24) is 10.3 Å². The number of carbonyl (C=O) groups excluding carboxylic acids is 1. The number of hydrogen-bond donors (Lipinski definition) is 1. The minimum Gasteiger partial charge on any atom is -0.493 e. The predicted octanol–water partition coefficient (Wildman–Crippen LogP) is 5.71. The molecule has 0 bridgehead atoms. The number of pyridine rings is 1. The van der Waals surface area contributed by atoms with Crippen LogP contribution in [0.5, 0.6) is 5.75 Å². The largest absolute Gasteiger partial charge is 0.493 e. The summed E-state index contributed by atoms with van der Waals surface area (Å²) in [6.07, 6.45) is 8.68. The van der Waals surface area contributed by atoms with Gasteiger partial charge in [0.25, 0.3) is 0 Å². The zero-order valence-corrected chi connectivity index (χ0v) is 17.6. The Labute approximate surface area is 172 Å². The highest BCUT2D eigenvalue weighted by Crippen LogP contribution is 2.25. The zero-order chi connectivity index (χ0) is 20.4. The molecular weight excluding hydrogens is 372 g/mol. The average molecular weight is 401 g/mol. The van der Waals surface area contributed by atoms with Crippen molar-refractivity contribution in [2.75, 3.05) is 13.2 Å². The predicted molar refractivity (Wildman–Crippen MR) is 117 cm³/mol. The van der Waals surface area contributed by atoms with Gasteiger partial charge in [0.15, 0.2) is 0 Å². The van der Waals surface area contributed by atoms with Crippen LogP contribution in [0.15, 0.2) is 54.1 Å². The Bertz CT molecular complexity index is 844. The Kier molecular flexibility index (Phi) is 9.02. The quantitative estimate of drug-likeness (QED) is 0.240.